The van der Waals surface area contributed by atoms with Crippen molar-refractivity contribution >= 4 is 5.91 Å². The van der Waals surface area contributed by atoms with Crippen molar-refractivity contribution in [2.24, 2.45) is 12.8 Å². The number of carbonyl (C=O) groups is 1. The monoisotopic (exact) mass is 210 g/mol. The number of carbonyl (C=O) groups excluding carboxylic acids is 1. The minimum atomic E-state index is -0.424. The van der Waals surface area contributed by atoms with Crippen LogP contribution in [0.4, 0.5) is 0 Å². The first-order valence-corrected chi connectivity index (χ1v) is 4.89. The van der Waals surface area contributed by atoms with E-state index < -0.39 is 5.54 Å². The van der Waals surface area contributed by atoms with Crippen LogP contribution in [0.3, 0.4) is 0 Å². The van der Waals surface area contributed by atoms with Gasteiger partial charge in [0.15, 0.2) is 0 Å². The molecule has 1 unspecified atom stereocenters. The maximum Gasteiger partial charge on any atom is 0.254 e. The molecule has 1 atom stereocenters. The first-order chi connectivity index (χ1) is 6.83. The Labute approximate surface area is 89.6 Å². The van der Waals surface area contributed by atoms with Crippen LogP contribution < -0.4 is 11.1 Å². The molecule has 0 fully saturated rings. The zero-order valence-electron chi connectivity index (χ0n) is 9.61. The largest absolute Gasteiger partial charge is 0.346 e. The van der Waals surface area contributed by atoms with Gasteiger partial charge in [0, 0.05) is 24.8 Å². The average Bonchev–Trinajstić information content (AvgIpc) is 2.50. The molecule has 0 aliphatic heterocycles. The van der Waals surface area contributed by atoms with Gasteiger partial charge in [-0.1, -0.05) is 0 Å². The Morgan fingerprint density at radius 2 is 2.27 bits per heavy atom. The molecule has 0 aromatic carbocycles. The predicted molar refractivity (Wildman–Crippen MR) is 58.4 cm³/mol. The van der Waals surface area contributed by atoms with E-state index in [1.165, 1.54) is 6.20 Å². The fourth-order valence-electron chi connectivity index (χ4n) is 1.02. The number of rotatable bonds is 3. The van der Waals surface area contributed by atoms with E-state index in [1.807, 2.05) is 20.8 Å². The molecule has 0 saturated heterocycles. The van der Waals surface area contributed by atoms with Gasteiger partial charge in [0.05, 0.1) is 11.8 Å². The van der Waals surface area contributed by atoms with Gasteiger partial charge >= 0.3 is 0 Å². The molecule has 0 bridgehead atoms. The lowest BCUT2D eigenvalue weighted by Gasteiger charge is -2.30. The molecule has 84 valence electrons. The third kappa shape index (κ3) is 2.79. The van der Waals surface area contributed by atoms with Crippen molar-refractivity contribution in [1.29, 1.82) is 0 Å². The molecular weight excluding hydrogens is 192 g/mol. The molecule has 15 heavy (non-hydrogen) atoms. The molecule has 1 rings (SSSR count). The summed E-state index contributed by atoms with van der Waals surface area (Å²) in [4.78, 5) is 11.8. The highest BCUT2D eigenvalue weighted by Crippen LogP contribution is 2.08. The Bertz CT molecular complexity index is 354. The Morgan fingerprint density at radius 3 is 2.67 bits per heavy atom. The molecule has 0 saturated carbocycles. The third-order valence-electron chi connectivity index (χ3n) is 2.54. The minimum absolute atomic E-state index is 0.113. The van der Waals surface area contributed by atoms with E-state index in [0.29, 0.717) is 5.56 Å². The fraction of sp³-hybridized carbons (Fsp3) is 0.600. The van der Waals surface area contributed by atoms with Gasteiger partial charge < -0.3 is 11.1 Å². The molecule has 0 spiro atoms. The number of hydrogen-bond donors (Lipinski definition) is 2. The average molecular weight is 210 g/mol. The molecule has 5 nitrogen and oxygen atoms in total. The van der Waals surface area contributed by atoms with Crippen molar-refractivity contribution in [3.8, 4) is 0 Å². The molecule has 3 N–H and O–H groups in total. The summed E-state index contributed by atoms with van der Waals surface area (Å²) in [7, 11) is 1.77. The fourth-order valence-corrected chi connectivity index (χ4v) is 1.02. The Balaban J connectivity index is 2.72. The molecule has 1 aromatic heterocycles. The van der Waals surface area contributed by atoms with Crippen LogP contribution in [0, 0.1) is 0 Å². The van der Waals surface area contributed by atoms with E-state index in [-0.39, 0.29) is 11.9 Å². The van der Waals surface area contributed by atoms with E-state index in [2.05, 4.69) is 10.4 Å². The smallest absolute Gasteiger partial charge is 0.254 e. The highest BCUT2D eigenvalue weighted by Gasteiger charge is 2.25. The van der Waals surface area contributed by atoms with Crippen LogP contribution in [0.25, 0.3) is 0 Å². The summed E-state index contributed by atoms with van der Waals surface area (Å²) in [6.45, 7) is 5.65. The van der Waals surface area contributed by atoms with Crippen LogP contribution in [0.15, 0.2) is 12.4 Å². The molecular formula is C10H18N4O. The van der Waals surface area contributed by atoms with E-state index >= 15 is 0 Å². The molecule has 5 heteroatoms. The van der Waals surface area contributed by atoms with Crippen molar-refractivity contribution in [2.75, 3.05) is 0 Å². The summed E-state index contributed by atoms with van der Waals surface area (Å²) in [5.41, 5.74) is 5.89. The number of aryl methyl sites for hydroxylation is 1. The van der Waals surface area contributed by atoms with Gasteiger partial charge in [-0.15, -0.1) is 0 Å². The summed E-state index contributed by atoms with van der Waals surface area (Å²) < 4.78 is 1.59. The SMILES string of the molecule is CC(N)C(C)(C)NC(=O)c1cnn(C)c1. The number of nitrogens with two attached hydrogens (primary N) is 1. The highest BCUT2D eigenvalue weighted by atomic mass is 16.1. The maximum absolute atomic E-state index is 11.8. The number of hydrogen-bond acceptors (Lipinski definition) is 3. The van der Waals surface area contributed by atoms with Crippen LogP contribution in [0.5, 0.6) is 0 Å². The first-order valence-electron chi connectivity index (χ1n) is 4.89. The van der Waals surface area contributed by atoms with Gasteiger partial charge in [-0.3, -0.25) is 9.48 Å². The van der Waals surface area contributed by atoms with Gasteiger partial charge in [0.2, 0.25) is 0 Å². The Hall–Kier alpha value is -1.36. The first kappa shape index (κ1) is 11.7. The van der Waals surface area contributed by atoms with Gasteiger partial charge in [0.25, 0.3) is 5.91 Å². The number of amides is 1. The van der Waals surface area contributed by atoms with Crippen LogP contribution in [-0.2, 0) is 7.05 Å². The van der Waals surface area contributed by atoms with Crippen molar-refractivity contribution in [3.63, 3.8) is 0 Å². The van der Waals surface area contributed by atoms with E-state index in [0.717, 1.165) is 0 Å². The number of nitrogens with zero attached hydrogens (tertiary/aromatic N) is 2. The normalized spacial score (nSPS) is 13.7. The maximum atomic E-state index is 11.8. The van der Waals surface area contributed by atoms with E-state index in [9.17, 15) is 4.79 Å². The lowest BCUT2D eigenvalue weighted by Crippen LogP contribution is -2.54. The van der Waals surface area contributed by atoms with Gasteiger partial charge in [-0.25, -0.2) is 0 Å². The van der Waals surface area contributed by atoms with Gasteiger partial charge in [-0.05, 0) is 20.8 Å². The van der Waals surface area contributed by atoms with E-state index in [1.54, 1.807) is 17.9 Å². The summed E-state index contributed by atoms with van der Waals surface area (Å²) in [6, 6.07) is -0.113. The molecule has 1 aromatic rings. The zero-order chi connectivity index (χ0) is 11.6. The molecule has 1 amide bonds. The zero-order valence-corrected chi connectivity index (χ0v) is 9.61. The molecule has 0 aliphatic rings. The van der Waals surface area contributed by atoms with Crippen molar-refractivity contribution in [2.45, 2.75) is 32.4 Å². The highest BCUT2D eigenvalue weighted by molar-refractivity contribution is 5.94. The topological polar surface area (TPSA) is 72.9 Å². The minimum Gasteiger partial charge on any atom is -0.346 e. The number of aromatic nitrogens is 2. The third-order valence-corrected chi connectivity index (χ3v) is 2.54. The standard InChI is InChI=1S/C10H18N4O/c1-7(11)10(2,3)13-9(15)8-5-12-14(4)6-8/h5-7H,11H2,1-4H3,(H,13,15). The van der Waals surface area contributed by atoms with Crippen molar-refractivity contribution in [3.05, 3.63) is 18.0 Å². The second kappa shape index (κ2) is 4.02. The second-order valence-corrected chi connectivity index (χ2v) is 4.37. The Kier molecular flexibility index (Phi) is 3.14. The van der Waals surface area contributed by atoms with Crippen LogP contribution >= 0.6 is 0 Å². The summed E-state index contributed by atoms with van der Waals surface area (Å²) >= 11 is 0. The van der Waals surface area contributed by atoms with Gasteiger partial charge in [-0.2, -0.15) is 5.10 Å². The lowest BCUT2D eigenvalue weighted by atomic mass is 9.96. The summed E-state index contributed by atoms with van der Waals surface area (Å²) in [6.07, 6.45) is 3.21. The van der Waals surface area contributed by atoms with E-state index in [4.69, 9.17) is 5.73 Å². The van der Waals surface area contributed by atoms with Crippen LogP contribution in [0.2, 0.25) is 0 Å². The van der Waals surface area contributed by atoms with Crippen LogP contribution in [0.1, 0.15) is 31.1 Å². The number of nitrogens with one attached hydrogen (secondary N) is 1. The van der Waals surface area contributed by atoms with Gasteiger partial charge in [0.1, 0.15) is 0 Å². The summed E-state index contributed by atoms with van der Waals surface area (Å²) in [5, 5.41) is 6.81. The molecule has 1 heterocycles. The van der Waals surface area contributed by atoms with Crippen LogP contribution in [-0.4, -0.2) is 27.3 Å². The predicted octanol–water partition coefficient (Wildman–Crippen LogP) is 0.276. The summed E-state index contributed by atoms with van der Waals surface area (Å²) in [5.74, 6) is -0.148. The molecule has 0 radical (unpaired) electrons. The Morgan fingerprint density at radius 1 is 1.67 bits per heavy atom. The molecule has 0 aliphatic carbocycles. The lowest BCUT2D eigenvalue weighted by molar-refractivity contribution is 0.0903. The van der Waals surface area contributed by atoms with Crippen molar-refractivity contribution in [1.82, 2.24) is 15.1 Å². The van der Waals surface area contributed by atoms with Crippen molar-refractivity contribution < 1.29 is 4.79 Å². The quantitative estimate of drug-likeness (QED) is 0.752. The second-order valence-electron chi connectivity index (χ2n) is 4.37.